The summed E-state index contributed by atoms with van der Waals surface area (Å²) in [6, 6.07) is 6.76. The molecule has 0 bridgehead atoms. The first-order chi connectivity index (χ1) is 13.2. The van der Waals surface area contributed by atoms with Gasteiger partial charge in [-0.1, -0.05) is 18.2 Å². The number of hydrogen-bond donors (Lipinski definition) is 2. The molecule has 3 rings (SSSR count). The summed E-state index contributed by atoms with van der Waals surface area (Å²) in [5, 5.41) is 2.91. The van der Waals surface area contributed by atoms with Gasteiger partial charge >= 0.3 is 17.9 Å². The van der Waals surface area contributed by atoms with E-state index in [-0.39, 0.29) is 29.3 Å². The van der Waals surface area contributed by atoms with Crippen LogP contribution in [0.2, 0.25) is 0 Å². The monoisotopic (exact) mass is 386 g/mol. The van der Waals surface area contributed by atoms with Crippen molar-refractivity contribution >= 4 is 23.6 Å². The van der Waals surface area contributed by atoms with E-state index in [1.165, 1.54) is 6.92 Å². The van der Waals surface area contributed by atoms with Gasteiger partial charge in [-0.15, -0.1) is 0 Å². The Hall–Kier alpha value is -3.29. The zero-order valence-electron chi connectivity index (χ0n) is 16.1. The van der Waals surface area contributed by atoms with Crippen LogP contribution in [-0.4, -0.2) is 30.6 Å². The van der Waals surface area contributed by atoms with Crippen LogP contribution in [0.15, 0.2) is 47.0 Å². The van der Waals surface area contributed by atoms with E-state index in [1.807, 2.05) is 0 Å². The third-order valence-electron chi connectivity index (χ3n) is 4.55. The van der Waals surface area contributed by atoms with Gasteiger partial charge in [0.1, 0.15) is 22.7 Å². The van der Waals surface area contributed by atoms with Gasteiger partial charge < -0.3 is 25.3 Å². The molecular weight excluding hydrogens is 364 g/mol. The van der Waals surface area contributed by atoms with E-state index in [0.717, 1.165) is 0 Å². The molecule has 0 aliphatic carbocycles. The Morgan fingerprint density at radius 3 is 2.54 bits per heavy atom. The fourth-order valence-electron chi connectivity index (χ4n) is 3.60. The van der Waals surface area contributed by atoms with Crippen molar-refractivity contribution in [2.45, 2.75) is 39.2 Å². The summed E-state index contributed by atoms with van der Waals surface area (Å²) in [6.45, 7) is 6.55. The Kier molecular flexibility index (Phi) is 4.89. The van der Waals surface area contributed by atoms with Crippen molar-refractivity contribution in [3.8, 4) is 0 Å². The predicted octanol–water partition coefficient (Wildman–Crippen LogP) is 1.87. The number of para-hydroxylation sites is 1. The normalized spacial score (nSPS) is 20.8. The van der Waals surface area contributed by atoms with E-state index in [0.29, 0.717) is 11.3 Å². The predicted molar refractivity (Wildman–Crippen MR) is 99.6 cm³/mol. The average Bonchev–Trinajstić information content (AvgIpc) is 2.85. The number of anilines is 1. The SMILES string of the molecule is CCOC(=O)C1=C(N)Nc2ccccc2[C@]12C(=O)OC(C)=C2C(=O)OC(C)C. The molecule has 0 radical (unpaired) electrons. The topological polar surface area (TPSA) is 117 Å². The average molecular weight is 386 g/mol. The number of fused-ring (bicyclic) bond motifs is 2. The number of nitrogens with one attached hydrogen (secondary N) is 1. The van der Waals surface area contributed by atoms with Gasteiger partial charge in [0.15, 0.2) is 5.41 Å². The lowest BCUT2D eigenvalue weighted by atomic mass is 9.67. The van der Waals surface area contributed by atoms with Gasteiger partial charge in [-0.3, -0.25) is 0 Å². The lowest BCUT2D eigenvalue weighted by molar-refractivity contribution is -0.148. The molecule has 1 atom stereocenters. The number of ether oxygens (including phenoxy) is 3. The maximum atomic E-state index is 13.2. The number of nitrogens with two attached hydrogens (primary N) is 1. The third kappa shape index (κ3) is 2.72. The van der Waals surface area contributed by atoms with Crippen LogP contribution in [0, 0.1) is 0 Å². The molecule has 148 valence electrons. The van der Waals surface area contributed by atoms with E-state index < -0.39 is 29.4 Å². The van der Waals surface area contributed by atoms with Crippen molar-refractivity contribution in [3.63, 3.8) is 0 Å². The summed E-state index contributed by atoms with van der Waals surface area (Å²) >= 11 is 0. The van der Waals surface area contributed by atoms with Crippen molar-refractivity contribution in [2.24, 2.45) is 5.73 Å². The highest BCUT2D eigenvalue weighted by atomic mass is 16.6. The Labute approximate surface area is 162 Å². The molecule has 2 aliphatic rings. The first-order valence-corrected chi connectivity index (χ1v) is 8.93. The molecule has 28 heavy (non-hydrogen) atoms. The summed E-state index contributed by atoms with van der Waals surface area (Å²) in [6.07, 6.45) is -0.440. The van der Waals surface area contributed by atoms with Crippen molar-refractivity contribution in [2.75, 3.05) is 11.9 Å². The second-order valence-corrected chi connectivity index (χ2v) is 6.70. The summed E-state index contributed by atoms with van der Waals surface area (Å²) in [5.74, 6) is -2.41. The number of carbonyl (C=O) groups excluding carboxylic acids is 3. The quantitative estimate of drug-likeness (QED) is 0.595. The van der Waals surface area contributed by atoms with Gasteiger partial charge in [0.05, 0.1) is 12.7 Å². The molecule has 1 aromatic carbocycles. The minimum Gasteiger partial charge on any atom is -0.462 e. The molecule has 1 spiro atoms. The molecule has 0 fully saturated rings. The molecule has 3 N–H and O–H groups in total. The van der Waals surface area contributed by atoms with Gasteiger partial charge in [-0.05, 0) is 33.8 Å². The fourth-order valence-corrected chi connectivity index (χ4v) is 3.60. The highest BCUT2D eigenvalue weighted by Crippen LogP contribution is 2.52. The Balaban J connectivity index is 2.35. The standard InChI is InChI=1S/C20H22N2O6/c1-5-26-17(23)15-16(21)22-13-9-7-6-8-12(13)20(15)14(11(4)28-19(20)25)18(24)27-10(2)3/h6-10,22H,5,21H2,1-4H3/t20-/m1/s1. The number of rotatable bonds is 4. The Bertz CT molecular complexity index is 930. The number of allylic oxidation sites excluding steroid dienone is 1. The molecule has 0 unspecified atom stereocenters. The summed E-state index contributed by atoms with van der Waals surface area (Å²) < 4.78 is 15.8. The number of benzene rings is 1. The maximum absolute atomic E-state index is 13.2. The molecule has 2 heterocycles. The fraction of sp³-hybridized carbons (Fsp3) is 0.350. The molecule has 0 amide bonds. The van der Waals surface area contributed by atoms with Crippen LogP contribution in [-0.2, 0) is 34.0 Å². The molecule has 2 aliphatic heterocycles. The van der Waals surface area contributed by atoms with E-state index in [4.69, 9.17) is 19.9 Å². The van der Waals surface area contributed by atoms with Crippen LogP contribution >= 0.6 is 0 Å². The third-order valence-corrected chi connectivity index (χ3v) is 4.55. The minimum atomic E-state index is -1.87. The van der Waals surface area contributed by atoms with Crippen molar-refractivity contribution in [1.29, 1.82) is 0 Å². The zero-order chi connectivity index (χ0) is 20.6. The first kappa shape index (κ1) is 19.5. The second kappa shape index (κ2) is 7.03. The molecule has 8 heteroatoms. The molecule has 8 nitrogen and oxygen atoms in total. The Morgan fingerprint density at radius 2 is 1.89 bits per heavy atom. The van der Waals surface area contributed by atoms with Gasteiger partial charge in [0.2, 0.25) is 0 Å². The smallest absolute Gasteiger partial charge is 0.339 e. The highest BCUT2D eigenvalue weighted by molar-refractivity contribution is 6.15. The highest BCUT2D eigenvalue weighted by Gasteiger charge is 2.62. The largest absolute Gasteiger partial charge is 0.462 e. The zero-order valence-corrected chi connectivity index (χ0v) is 16.1. The minimum absolute atomic E-state index is 0.0574. The van der Waals surface area contributed by atoms with Crippen LogP contribution in [0.25, 0.3) is 0 Å². The van der Waals surface area contributed by atoms with Gasteiger partial charge in [-0.2, -0.15) is 0 Å². The lowest BCUT2D eigenvalue weighted by Gasteiger charge is -2.36. The van der Waals surface area contributed by atoms with E-state index >= 15 is 0 Å². The van der Waals surface area contributed by atoms with Crippen molar-refractivity contribution < 1.29 is 28.6 Å². The van der Waals surface area contributed by atoms with Crippen molar-refractivity contribution in [1.82, 2.24) is 0 Å². The summed E-state index contributed by atoms with van der Waals surface area (Å²) in [5.41, 5.74) is 4.85. The second-order valence-electron chi connectivity index (χ2n) is 6.70. The summed E-state index contributed by atoms with van der Waals surface area (Å²) in [4.78, 5) is 39.0. The van der Waals surface area contributed by atoms with Gasteiger partial charge in [0.25, 0.3) is 0 Å². The summed E-state index contributed by atoms with van der Waals surface area (Å²) in [7, 11) is 0. The van der Waals surface area contributed by atoms with Crippen molar-refractivity contribution in [3.05, 3.63) is 52.6 Å². The molecule has 1 aromatic rings. The maximum Gasteiger partial charge on any atom is 0.339 e. The van der Waals surface area contributed by atoms with Crippen LogP contribution < -0.4 is 11.1 Å². The number of esters is 3. The van der Waals surface area contributed by atoms with Crippen LogP contribution in [0.3, 0.4) is 0 Å². The number of cyclic esters (lactones) is 1. The van der Waals surface area contributed by atoms with Crippen LogP contribution in [0.4, 0.5) is 5.69 Å². The van der Waals surface area contributed by atoms with Crippen LogP contribution in [0.5, 0.6) is 0 Å². The van der Waals surface area contributed by atoms with Gasteiger partial charge in [-0.25, -0.2) is 14.4 Å². The number of carbonyl (C=O) groups is 3. The Morgan fingerprint density at radius 1 is 1.21 bits per heavy atom. The first-order valence-electron chi connectivity index (χ1n) is 8.93. The molecular formula is C20H22N2O6. The molecule has 0 saturated heterocycles. The lowest BCUT2D eigenvalue weighted by Crippen LogP contribution is -2.48. The van der Waals surface area contributed by atoms with Crippen LogP contribution in [0.1, 0.15) is 33.3 Å². The van der Waals surface area contributed by atoms with E-state index in [1.54, 1.807) is 45.0 Å². The molecule has 0 aromatic heterocycles. The molecule has 0 saturated carbocycles. The van der Waals surface area contributed by atoms with E-state index in [2.05, 4.69) is 5.32 Å². The van der Waals surface area contributed by atoms with E-state index in [9.17, 15) is 14.4 Å². The number of hydrogen-bond acceptors (Lipinski definition) is 8. The van der Waals surface area contributed by atoms with Gasteiger partial charge in [0, 0.05) is 11.3 Å².